The van der Waals surface area contributed by atoms with E-state index in [2.05, 4.69) is 11.2 Å². The SMILES string of the molecule is CC1(C)[C]=Nc2ccc([N+](=O)[O-])cc21. The fraction of sp³-hybridized carbons (Fsp3) is 0.300. The highest BCUT2D eigenvalue weighted by Gasteiger charge is 2.29. The summed E-state index contributed by atoms with van der Waals surface area (Å²) in [5.74, 6) is 0. The maximum Gasteiger partial charge on any atom is 0.269 e. The topological polar surface area (TPSA) is 55.5 Å². The van der Waals surface area contributed by atoms with Crippen LogP contribution in [0.2, 0.25) is 0 Å². The minimum Gasteiger partial charge on any atom is -0.258 e. The summed E-state index contributed by atoms with van der Waals surface area (Å²) >= 11 is 0. The van der Waals surface area contributed by atoms with Crippen LogP contribution in [0.1, 0.15) is 19.4 Å². The maximum atomic E-state index is 10.6. The summed E-state index contributed by atoms with van der Waals surface area (Å²) in [5, 5.41) is 10.6. The van der Waals surface area contributed by atoms with Gasteiger partial charge in [-0.1, -0.05) is 13.8 Å². The van der Waals surface area contributed by atoms with Crippen molar-refractivity contribution in [1.82, 2.24) is 0 Å². The minimum absolute atomic E-state index is 0.107. The van der Waals surface area contributed by atoms with E-state index in [1.54, 1.807) is 12.1 Å². The predicted octanol–water partition coefficient (Wildman–Crippen LogP) is 2.47. The van der Waals surface area contributed by atoms with Crippen molar-refractivity contribution in [3.8, 4) is 0 Å². The monoisotopic (exact) mass is 189 g/mol. The van der Waals surface area contributed by atoms with Crippen molar-refractivity contribution in [3.05, 3.63) is 33.9 Å². The van der Waals surface area contributed by atoms with Crippen molar-refractivity contribution in [2.24, 2.45) is 4.99 Å². The van der Waals surface area contributed by atoms with Crippen LogP contribution < -0.4 is 0 Å². The van der Waals surface area contributed by atoms with Crippen LogP contribution in [0, 0.1) is 10.1 Å². The van der Waals surface area contributed by atoms with Gasteiger partial charge in [0.05, 0.1) is 16.8 Å². The third-order valence-electron chi connectivity index (χ3n) is 2.32. The lowest BCUT2D eigenvalue weighted by Gasteiger charge is -2.13. The largest absolute Gasteiger partial charge is 0.269 e. The summed E-state index contributed by atoms with van der Waals surface area (Å²) in [6.45, 7) is 3.87. The Labute approximate surface area is 81.4 Å². The lowest BCUT2D eigenvalue weighted by Crippen LogP contribution is -2.14. The smallest absolute Gasteiger partial charge is 0.258 e. The standard InChI is InChI=1S/C10H9N2O2/c1-10(2)6-11-9-4-3-7(12(13)14)5-8(9)10/h3-5H,1-2H3. The van der Waals surface area contributed by atoms with Gasteiger partial charge >= 0.3 is 0 Å². The molecule has 4 heteroatoms. The van der Waals surface area contributed by atoms with E-state index in [1.807, 2.05) is 13.8 Å². The number of rotatable bonds is 1. The molecule has 0 spiro atoms. The van der Waals surface area contributed by atoms with Gasteiger partial charge in [-0.15, -0.1) is 0 Å². The first-order valence-corrected chi connectivity index (χ1v) is 4.27. The molecule has 0 saturated carbocycles. The van der Waals surface area contributed by atoms with Crippen LogP contribution in [0.5, 0.6) is 0 Å². The molecular weight excluding hydrogens is 180 g/mol. The Morgan fingerprint density at radius 3 is 2.86 bits per heavy atom. The van der Waals surface area contributed by atoms with E-state index in [0.717, 1.165) is 11.3 Å². The molecule has 2 rings (SSSR count). The van der Waals surface area contributed by atoms with Gasteiger partial charge in [0, 0.05) is 17.5 Å². The summed E-state index contributed by atoms with van der Waals surface area (Å²) in [6.07, 6.45) is 2.93. The van der Waals surface area contributed by atoms with Crippen LogP contribution in [0.4, 0.5) is 11.4 Å². The van der Waals surface area contributed by atoms with E-state index < -0.39 is 4.92 Å². The average Bonchev–Trinajstić information content (AvgIpc) is 2.42. The number of nitro benzene ring substituents is 1. The molecule has 0 unspecified atom stereocenters. The molecule has 1 aliphatic rings. The maximum absolute atomic E-state index is 10.6. The van der Waals surface area contributed by atoms with Gasteiger partial charge in [-0.3, -0.25) is 15.1 Å². The molecule has 0 amide bonds. The van der Waals surface area contributed by atoms with Gasteiger partial charge in [-0.2, -0.15) is 0 Å². The number of hydrogen-bond acceptors (Lipinski definition) is 3. The molecule has 71 valence electrons. The van der Waals surface area contributed by atoms with Crippen molar-refractivity contribution in [2.45, 2.75) is 19.3 Å². The number of hydrogen-bond donors (Lipinski definition) is 0. The first-order valence-electron chi connectivity index (χ1n) is 4.27. The van der Waals surface area contributed by atoms with Gasteiger partial charge in [0.15, 0.2) is 0 Å². The molecule has 1 aromatic carbocycles. The van der Waals surface area contributed by atoms with E-state index in [4.69, 9.17) is 0 Å². The lowest BCUT2D eigenvalue weighted by atomic mass is 9.87. The minimum atomic E-state index is -0.394. The summed E-state index contributed by atoms with van der Waals surface area (Å²) in [7, 11) is 0. The summed E-state index contributed by atoms with van der Waals surface area (Å²) < 4.78 is 0. The van der Waals surface area contributed by atoms with Gasteiger partial charge in [-0.25, -0.2) is 0 Å². The van der Waals surface area contributed by atoms with Crippen molar-refractivity contribution >= 4 is 17.6 Å². The van der Waals surface area contributed by atoms with Crippen LogP contribution >= 0.6 is 0 Å². The van der Waals surface area contributed by atoms with Gasteiger partial charge in [-0.05, 0) is 11.6 Å². The first-order chi connectivity index (χ1) is 6.50. The molecule has 0 bridgehead atoms. The van der Waals surface area contributed by atoms with Crippen molar-refractivity contribution < 1.29 is 4.92 Å². The molecule has 0 atom stereocenters. The summed E-state index contributed by atoms with van der Waals surface area (Å²) in [6, 6.07) is 4.69. The lowest BCUT2D eigenvalue weighted by molar-refractivity contribution is -0.384. The molecular formula is C10H9N2O2. The Kier molecular flexibility index (Phi) is 1.67. The zero-order valence-electron chi connectivity index (χ0n) is 7.94. The Bertz CT molecular complexity index is 436. The molecule has 14 heavy (non-hydrogen) atoms. The first kappa shape index (κ1) is 8.87. The number of non-ortho nitro benzene ring substituents is 1. The highest BCUT2D eigenvalue weighted by Crippen LogP contribution is 2.38. The Balaban J connectivity index is 2.57. The van der Waals surface area contributed by atoms with Crippen LogP contribution in [-0.4, -0.2) is 11.1 Å². The van der Waals surface area contributed by atoms with E-state index in [1.165, 1.54) is 6.07 Å². The molecule has 4 nitrogen and oxygen atoms in total. The summed E-state index contributed by atoms with van der Waals surface area (Å²) in [5.41, 5.74) is 1.43. The number of aliphatic imine (C=N–C) groups is 1. The molecule has 0 N–H and O–H groups in total. The van der Waals surface area contributed by atoms with E-state index >= 15 is 0 Å². The normalized spacial score (nSPS) is 16.7. The van der Waals surface area contributed by atoms with Crippen molar-refractivity contribution in [3.63, 3.8) is 0 Å². The van der Waals surface area contributed by atoms with Crippen LogP contribution in [0.15, 0.2) is 23.2 Å². The predicted molar refractivity (Wildman–Crippen MR) is 53.2 cm³/mol. The molecule has 0 aliphatic carbocycles. The zero-order valence-corrected chi connectivity index (χ0v) is 7.94. The quantitative estimate of drug-likeness (QED) is 0.503. The number of nitrogens with zero attached hydrogens (tertiary/aromatic N) is 2. The number of fused-ring (bicyclic) bond motifs is 1. The van der Waals surface area contributed by atoms with E-state index in [9.17, 15) is 10.1 Å². The highest BCUT2D eigenvalue weighted by molar-refractivity contribution is 5.84. The molecule has 1 aliphatic heterocycles. The molecule has 1 aromatic rings. The Morgan fingerprint density at radius 2 is 2.21 bits per heavy atom. The van der Waals surface area contributed by atoms with Crippen LogP contribution in [0.25, 0.3) is 0 Å². The van der Waals surface area contributed by atoms with E-state index in [0.29, 0.717) is 0 Å². The molecule has 1 radical (unpaired) electrons. The van der Waals surface area contributed by atoms with Gasteiger partial charge in [0.25, 0.3) is 5.69 Å². The van der Waals surface area contributed by atoms with Crippen molar-refractivity contribution in [1.29, 1.82) is 0 Å². The zero-order chi connectivity index (χ0) is 10.3. The van der Waals surface area contributed by atoms with Gasteiger partial charge in [0.1, 0.15) is 0 Å². The third-order valence-corrected chi connectivity index (χ3v) is 2.32. The van der Waals surface area contributed by atoms with Crippen LogP contribution in [-0.2, 0) is 5.41 Å². The Morgan fingerprint density at radius 1 is 1.50 bits per heavy atom. The molecule has 1 heterocycles. The van der Waals surface area contributed by atoms with Gasteiger partial charge in [0.2, 0.25) is 0 Å². The van der Waals surface area contributed by atoms with E-state index in [-0.39, 0.29) is 11.1 Å². The average molecular weight is 189 g/mol. The number of nitro groups is 1. The van der Waals surface area contributed by atoms with Crippen LogP contribution in [0.3, 0.4) is 0 Å². The molecule has 0 aromatic heterocycles. The molecule has 0 saturated heterocycles. The third kappa shape index (κ3) is 1.19. The van der Waals surface area contributed by atoms with Crippen molar-refractivity contribution in [2.75, 3.05) is 0 Å². The second-order valence-electron chi connectivity index (χ2n) is 3.81. The second kappa shape index (κ2) is 2.64. The summed E-state index contributed by atoms with van der Waals surface area (Å²) in [4.78, 5) is 14.3. The fourth-order valence-corrected chi connectivity index (χ4v) is 1.50. The molecule has 0 fully saturated rings. The number of benzene rings is 1. The fourth-order valence-electron chi connectivity index (χ4n) is 1.50. The highest BCUT2D eigenvalue weighted by atomic mass is 16.6. The second-order valence-corrected chi connectivity index (χ2v) is 3.81. The van der Waals surface area contributed by atoms with Gasteiger partial charge < -0.3 is 0 Å². The Hall–Kier alpha value is -1.71.